The number of rotatable bonds is 7. The summed E-state index contributed by atoms with van der Waals surface area (Å²) in [4.78, 5) is 47.7. The maximum atomic E-state index is 12.5. The predicted molar refractivity (Wildman–Crippen MR) is 111 cm³/mol. The number of nitrogens with one attached hydrogen (secondary N) is 2. The van der Waals surface area contributed by atoms with Crippen LogP contribution in [0.1, 0.15) is 17.3 Å². The fraction of sp³-hybridized carbons (Fsp3) is 0.200. The lowest BCUT2D eigenvalue weighted by Crippen LogP contribution is -2.42. The van der Waals surface area contributed by atoms with Gasteiger partial charge >= 0.3 is 12.0 Å². The highest BCUT2D eigenvalue weighted by Gasteiger charge is 2.22. The first-order chi connectivity index (χ1) is 14.8. The van der Waals surface area contributed by atoms with Gasteiger partial charge in [-0.1, -0.05) is 12.1 Å². The van der Waals surface area contributed by atoms with Crippen LogP contribution in [-0.4, -0.2) is 42.5 Å². The molecule has 1 unspecified atom stereocenters. The Bertz CT molecular complexity index is 1030. The van der Waals surface area contributed by atoms with Crippen molar-refractivity contribution in [2.45, 2.75) is 17.9 Å². The second-order valence-corrected chi connectivity index (χ2v) is 7.32. The number of amides is 4. The molecule has 0 fully saturated rings. The van der Waals surface area contributed by atoms with Gasteiger partial charge in [-0.3, -0.25) is 14.9 Å². The number of benzene rings is 2. The summed E-state index contributed by atoms with van der Waals surface area (Å²) >= 11 is 1.13. The number of fused-ring (bicyclic) bond motifs is 1. The third kappa shape index (κ3) is 5.89. The predicted octanol–water partition coefficient (Wildman–Crippen LogP) is 1.89. The molecule has 4 amide bonds. The van der Waals surface area contributed by atoms with Crippen molar-refractivity contribution < 1.29 is 33.4 Å². The number of nitrogens with two attached hydrogens (primary N) is 1. The van der Waals surface area contributed by atoms with Gasteiger partial charge in [0, 0.05) is 16.6 Å². The largest absolute Gasteiger partial charge is 0.454 e. The third-order valence-corrected chi connectivity index (χ3v) is 5.10. The standard InChI is InChI=1S/C20H19N3O7S/c1-11(18(25)23-20(21)27)30-19(26)13-4-2-3-5-16(13)31-9-17(24)22-12-6-7-14-15(8-12)29-10-28-14/h2-8,11H,9-10H2,1H3,(H,22,24)(H3,21,23,25,27). The van der Waals surface area contributed by atoms with Crippen LogP contribution in [-0.2, 0) is 14.3 Å². The molecule has 3 rings (SSSR count). The molecule has 1 heterocycles. The van der Waals surface area contributed by atoms with Gasteiger partial charge in [-0.25, -0.2) is 9.59 Å². The molecule has 0 saturated heterocycles. The molecule has 0 bridgehead atoms. The molecule has 0 spiro atoms. The highest BCUT2D eigenvalue weighted by atomic mass is 32.2. The summed E-state index contributed by atoms with van der Waals surface area (Å²) in [6.45, 7) is 1.45. The van der Waals surface area contributed by atoms with Gasteiger partial charge in [0.15, 0.2) is 17.6 Å². The quantitative estimate of drug-likeness (QED) is 0.433. The lowest BCUT2D eigenvalue weighted by molar-refractivity contribution is -0.127. The molecule has 31 heavy (non-hydrogen) atoms. The van der Waals surface area contributed by atoms with Crippen molar-refractivity contribution >= 4 is 41.3 Å². The molecule has 1 atom stereocenters. The second-order valence-electron chi connectivity index (χ2n) is 6.30. The summed E-state index contributed by atoms with van der Waals surface area (Å²) in [6, 6.07) is 10.5. The van der Waals surface area contributed by atoms with Gasteiger partial charge < -0.3 is 25.3 Å². The summed E-state index contributed by atoms with van der Waals surface area (Å²) in [5.41, 5.74) is 5.62. The number of urea groups is 1. The summed E-state index contributed by atoms with van der Waals surface area (Å²) in [7, 11) is 0. The molecule has 10 nitrogen and oxygen atoms in total. The number of thioether (sulfide) groups is 1. The second kappa shape index (κ2) is 9.85. The number of carbonyl (C=O) groups excluding carboxylic acids is 4. The number of anilines is 1. The first kappa shape index (κ1) is 22.0. The van der Waals surface area contributed by atoms with E-state index in [-0.39, 0.29) is 24.0 Å². The Kier molecular flexibility index (Phi) is 6.98. The van der Waals surface area contributed by atoms with Crippen LogP contribution in [0.4, 0.5) is 10.5 Å². The lowest BCUT2D eigenvalue weighted by Gasteiger charge is -2.14. The fourth-order valence-electron chi connectivity index (χ4n) is 2.58. The molecule has 0 radical (unpaired) electrons. The van der Waals surface area contributed by atoms with Gasteiger partial charge in [0.2, 0.25) is 12.7 Å². The van der Waals surface area contributed by atoms with E-state index in [4.69, 9.17) is 19.9 Å². The van der Waals surface area contributed by atoms with E-state index in [0.29, 0.717) is 22.1 Å². The van der Waals surface area contributed by atoms with Gasteiger partial charge in [-0.2, -0.15) is 0 Å². The van der Waals surface area contributed by atoms with Crippen molar-refractivity contribution in [3.8, 4) is 11.5 Å². The molecular formula is C20H19N3O7S. The van der Waals surface area contributed by atoms with Crippen LogP contribution in [0.5, 0.6) is 11.5 Å². The topological polar surface area (TPSA) is 146 Å². The Hall–Kier alpha value is -3.73. The van der Waals surface area contributed by atoms with Crippen molar-refractivity contribution in [3.63, 3.8) is 0 Å². The van der Waals surface area contributed by atoms with Crippen molar-refractivity contribution in [3.05, 3.63) is 48.0 Å². The van der Waals surface area contributed by atoms with Crippen LogP contribution in [0, 0.1) is 0 Å². The molecule has 2 aromatic rings. The Labute approximate surface area is 181 Å². The maximum Gasteiger partial charge on any atom is 0.340 e. The average molecular weight is 445 g/mol. The van der Waals surface area contributed by atoms with Crippen LogP contribution in [0.25, 0.3) is 0 Å². The number of hydrogen-bond acceptors (Lipinski definition) is 8. The highest BCUT2D eigenvalue weighted by molar-refractivity contribution is 8.00. The van der Waals surface area contributed by atoms with Gasteiger partial charge in [0.05, 0.1) is 11.3 Å². The number of esters is 1. The summed E-state index contributed by atoms with van der Waals surface area (Å²) < 4.78 is 15.6. The van der Waals surface area contributed by atoms with E-state index in [1.54, 1.807) is 36.4 Å². The average Bonchev–Trinajstić information content (AvgIpc) is 3.19. The third-order valence-electron chi connectivity index (χ3n) is 4.02. The summed E-state index contributed by atoms with van der Waals surface area (Å²) in [6.07, 6.45) is -1.23. The van der Waals surface area contributed by atoms with E-state index in [1.165, 1.54) is 13.0 Å². The van der Waals surface area contributed by atoms with Crippen LogP contribution in [0.2, 0.25) is 0 Å². The minimum absolute atomic E-state index is 0.0243. The summed E-state index contributed by atoms with van der Waals surface area (Å²) in [5.74, 6) is -0.718. The van der Waals surface area contributed by atoms with E-state index >= 15 is 0 Å². The van der Waals surface area contributed by atoms with E-state index in [2.05, 4.69) is 5.32 Å². The Morgan fingerprint density at radius 2 is 1.87 bits per heavy atom. The first-order valence-electron chi connectivity index (χ1n) is 9.06. The molecule has 0 saturated carbocycles. The molecule has 2 aromatic carbocycles. The zero-order valence-electron chi connectivity index (χ0n) is 16.4. The van der Waals surface area contributed by atoms with Crippen molar-refractivity contribution in [1.82, 2.24) is 5.32 Å². The van der Waals surface area contributed by atoms with Gasteiger partial charge in [0.25, 0.3) is 5.91 Å². The van der Waals surface area contributed by atoms with Crippen LogP contribution < -0.4 is 25.8 Å². The number of carbonyl (C=O) groups is 4. The van der Waals surface area contributed by atoms with Gasteiger partial charge in [-0.05, 0) is 31.2 Å². The molecule has 0 aliphatic carbocycles. The maximum absolute atomic E-state index is 12.5. The number of ether oxygens (including phenoxy) is 3. The number of primary amides is 1. The first-order valence-corrected chi connectivity index (χ1v) is 10.0. The number of hydrogen-bond donors (Lipinski definition) is 3. The van der Waals surface area contributed by atoms with Gasteiger partial charge in [-0.15, -0.1) is 11.8 Å². The minimum Gasteiger partial charge on any atom is -0.454 e. The van der Waals surface area contributed by atoms with E-state index < -0.39 is 24.0 Å². The zero-order valence-corrected chi connectivity index (χ0v) is 17.2. The van der Waals surface area contributed by atoms with Crippen molar-refractivity contribution in [2.75, 3.05) is 17.9 Å². The van der Waals surface area contributed by atoms with Crippen molar-refractivity contribution in [1.29, 1.82) is 0 Å². The zero-order chi connectivity index (χ0) is 22.4. The molecule has 162 valence electrons. The minimum atomic E-state index is -1.23. The van der Waals surface area contributed by atoms with Crippen LogP contribution in [0.15, 0.2) is 47.4 Å². The Morgan fingerprint density at radius 3 is 2.65 bits per heavy atom. The molecular weight excluding hydrogens is 426 g/mol. The molecule has 4 N–H and O–H groups in total. The molecule has 1 aliphatic heterocycles. The van der Waals surface area contributed by atoms with E-state index in [9.17, 15) is 19.2 Å². The highest BCUT2D eigenvalue weighted by Crippen LogP contribution is 2.34. The monoisotopic (exact) mass is 445 g/mol. The lowest BCUT2D eigenvalue weighted by atomic mass is 10.2. The molecule has 0 aromatic heterocycles. The number of imide groups is 1. The Balaban J connectivity index is 1.58. The van der Waals surface area contributed by atoms with E-state index in [1.807, 2.05) is 5.32 Å². The van der Waals surface area contributed by atoms with Crippen molar-refractivity contribution in [2.24, 2.45) is 5.73 Å². The smallest absolute Gasteiger partial charge is 0.340 e. The fourth-order valence-corrected chi connectivity index (χ4v) is 3.42. The normalized spacial score (nSPS) is 12.5. The molecule has 1 aliphatic rings. The summed E-state index contributed by atoms with van der Waals surface area (Å²) in [5, 5.41) is 4.59. The van der Waals surface area contributed by atoms with Crippen LogP contribution in [0.3, 0.4) is 0 Å². The Morgan fingerprint density at radius 1 is 1.13 bits per heavy atom. The van der Waals surface area contributed by atoms with Crippen LogP contribution >= 0.6 is 11.8 Å². The van der Waals surface area contributed by atoms with Gasteiger partial charge in [0.1, 0.15) is 0 Å². The SMILES string of the molecule is CC(OC(=O)c1ccccc1SCC(=O)Nc1ccc2c(c1)OCO2)C(=O)NC(N)=O. The van der Waals surface area contributed by atoms with E-state index in [0.717, 1.165) is 11.8 Å². The molecule has 11 heteroatoms.